The minimum atomic E-state index is 0.129. The molecule has 28 heavy (non-hydrogen) atoms. The lowest BCUT2D eigenvalue weighted by Gasteiger charge is -2.37. The molecule has 1 aromatic rings. The summed E-state index contributed by atoms with van der Waals surface area (Å²) in [7, 11) is 0. The summed E-state index contributed by atoms with van der Waals surface area (Å²) >= 11 is 0. The smallest absolute Gasteiger partial charge is 0.260 e. The molecule has 1 unspecified atom stereocenters. The molecule has 1 atom stereocenters. The summed E-state index contributed by atoms with van der Waals surface area (Å²) in [6.45, 7) is 11.2. The van der Waals surface area contributed by atoms with Gasteiger partial charge in [-0.2, -0.15) is 0 Å². The number of ether oxygens (including phenoxy) is 1. The lowest BCUT2D eigenvalue weighted by atomic mass is 9.87. The first-order valence-corrected chi connectivity index (χ1v) is 11.2. The van der Waals surface area contributed by atoms with Gasteiger partial charge in [0.25, 0.3) is 5.91 Å². The van der Waals surface area contributed by atoms with Crippen LogP contribution in [0.4, 0.5) is 0 Å². The van der Waals surface area contributed by atoms with Crippen LogP contribution < -0.4 is 4.74 Å². The summed E-state index contributed by atoms with van der Waals surface area (Å²) in [6.07, 6.45) is 8.63. The lowest BCUT2D eigenvalue weighted by Crippen LogP contribution is -2.47. The zero-order chi connectivity index (χ0) is 20.0. The minimum Gasteiger partial charge on any atom is -0.484 e. The summed E-state index contributed by atoms with van der Waals surface area (Å²) in [5, 5.41) is 0. The molecule has 0 aromatic heterocycles. The number of carbonyl (C=O) groups is 1. The molecule has 0 spiro atoms. The first-order valence-electron chi connectivity index (χ1n) is 11.2. The standard InChI is InChI=1S/C24H38N2O2/c1-24(2,3)20-10-12-22(13-11-20)28-19-23(27)26-17-8-5-9-21(26)14-18-25-15-6-4-7-16-25/h10-13,21H,4-9,14-19H2,1-3H3. The number of rotatable bonds is 6. The van der Waals surface area contributed by atoms with Crippen molar-refractivity contribution in [2.24, 2.45) is 0 Å². The molecule has 2 aliphatic heterocycles. The Bertz CT molecular complexity index is 614. The Morgan fingerprint density at radius 1 is 1.00 bits per heavy atom. The molecule has 2 fully saturated rings. The second-order valence-electron chi connectivity index (χ2n) is 9.49. The number of likely N-dealkylation sites (tertiary alicyclic amines) is 2. The molecular formula is C24H38N2O2. The topological polar surface area (TPSA) is 32.8 Å². The van der Waals surface area contributed by atoms with Crippen LogP contribution >= 0.6 is 0 Å². The molecule has 1 aromatic carbocycles. The minimum absolute atomic E-state index is 0.129. The van der Waals surface area contributed by atoms with Crippen LogP contribution in [0.25, 0.3) is 0 Å². The van der Waals surface area contributed by atoms with Crippen LogP contribution in [0.5, 0.6) is 5.75 Å². The van der Waals surface area contributed by atoms with Crippen molar-refractivity contribution in [2.75, 3.05) is 32.8 Å². The molecule has 4 heteroatoms. The monoisotopic (exact) mass is 386 g/mol. The summed E-state index contributed by atoms with van der Waals surface area (Å²) in [5.74, 6) is 0.923. The molecule has 0 saturated carbocycles. The zero-order valence-corrected chi connectivity index (χ0v) is 18.1. The second-order valence-corrected chi connectivity index (χ2v) is 9.49. The fourth-order valence-electron chi connectivity index (χ4n) is 4.42. The van der Waals surface area contributed by atoms with Gasteiger partial charge in [-0.1, -0.05) is 39.3 Å². The van der Waals surface area contributed by atoms with E-state index in [1.807, 2.05) is 12.1 Å². The van der Waals surface area contributed by atoms with Crippen molar-refractivity contribution >= 4 is 5.91 Å². The maximum atomic E-state index is 12.8. The number of nitrogens with zero attached hydrogens (tertiary/aromatic N) is 2. The van der Waals surface area contributed by atoms with Crippen LogP contribution in [0.2, 0.25) is 0 Å². The van der Waals surface area contributed by atoms with E-state index in [1.165, 1.54) is 44.3 Å². The van der Waals surface area contributed by atoms with Crippen molar-refractivity contribution in [1.82, 2.24) is 9.80 Å². The van der Waals surface area contributed by atoms with Crippen LogP contribution in [0, 0.1) is 0 Å². The molecule has 4 nitrogen and oxygen atoms in total. The molecule has 2 saturated heterocycles. The average molecular weight is 387 g/mol. The van der Waals surface area contributed by atoms with E-state index in [4.69, 9.17) is 4.74 Å². The van der Waals surface area contributed by atoms with E-state index < -0.39 is 0 Å². The molecule has 156 valence electrons. The van der Waals surface area contributed by atoms with Gasteiger partial charge in [-0.15, -0.1) is 0 Å². The van der Waals surface area contributed by atoms with Crippen LogP contribution in [0.3, 0.4) is 0 Å². The number of benzene rings is 1. The van der Waals surface area contributed by atoms with Gasteiger partial charge in [-0.25, -0.2) is 0 Å². The molecular weight excluding hydrogens is 348 g/mol. The zero-order valence-electron chi connectivity index (χ0n) is 18.1. The number of piperidine rings is 2. The van der Waals surface area contributed by atoms with E-state index in [9.17, 15) is 4.79 Å². The van der Waals surface area contributed by atoms with Gasteiger partial charge < -0.3 is 14.5 Å². The molecule has 0 bridgehead atoms. The number of carbonyl (C=O) groups excluding carboxylic acids is 1. The van der Waals surface area contributed by atoms with E-state index in [0.717, 1.165) is 38.1 Å². The van der Waals surface area contributed by atoms with E-state index >= 15 is 0 Å². The number of hydrogen-bond donors (Lipinski definition) is 0. The second kappa shape index (κ2) is 9.78. The molecule has 2 heterocycles. The Hall–Kier alpha value is -1.55. The van der Waals surface area contributed by atoms with Gasteiger partial charge in [-0.05, 0) is 74.7 Å². The third-order valence-corrected chi connectivity index (χ3v) is 6.26. The van der Waals surface area contributed by atoms with Crippen LogP contribution in [-0.4, -0.2) is 54.5 Å². The Kier molecular flexibility index (Phi) is 7.39. The molecule has 0 radical (unpaired) electrons. The van der Waals surface area contributed by atoms with E-state index in [2.05, 4.69) is 42.7 Å². The Labute approximate surface area is 171 Å². The van der Waals surface area contributed by atoms with E-state index in [1.54, 1.807) is 0 Å². The molecule has 1 amide bonds. The Morgan fingerprint density at radius 2 is 1.68 bits per heavy atom. The van der Waals surface area contributed by atoms with Gasteiger partial charge in [0.05, 0.1) is 0 Å². The normalized spacial score (nSPS) is 21.5. The molecule has 3 rings (SSSR count). The highest BCUT2D eigenvalue weighted by Crippen LogP contribution is 2.25. The van der Waals surface area contributed by atoms with E-state index in [0.29, 0.717) is 6.04 Å². The lowest BCUT2D eigenvalue weighted by molar-refractivity contribution is -0.137. The predicted molar refractivity (Wildman–Crippen MR) is 115 cm³/mol. The van der Waals surface area contributed by atoms with Crippen molar-refractivity contribution in [2.45, 2.75) is 77.2 Å². The summed E-state index contributed by atoms with van der Waals surface area (Å²) in [5.41, 5.74) is 1.41. The van der Waals surface area contributed by atoms with Crippen molar-refractivity contribution in [3.8, 4) is 5.75 Å². The Balaban J connectivity index is 1.49. The predicted octanol–water partition coefficient (Wildman–Crippen LogP) is 4.62. The summed E-state index contributed by atoms with van der Waals surface area (Å²) in [6, 6.07) is 8.55. The maximum absolute atomic E-state index is 12.8. The van der Waals surface area contributed by atoms with Crippen LogP contribution in [0.15, 0.2) is 24.3 Å². The summed E-state index contributed by atoms with van der Waals surface area (Å²) in [4.78, 5) is 17.5. The van der Waals surface area contributed by atoms with Gasteiger partial charge in [0.2, 0.25) is 0 Å². The van der Waals surface area contributed by atoms with Crippen LogP contribution in [-0.2, 0) is 10.2 Å². The highest BCUT2D eigenvalue weighted by Gasteiger charge is 2.27. The highest BCUT2D eigenvalue weighted by molar-refractivity contribution is 5.78. The molecule has 0 N–H and O–H groups in total. The van der Waals surface area contributed by atoms with Crippen molar-refractivity contribution < 1.29 is 9.53 Å². The Morgan fingerprint density at radius 3 is 2.36 bits per heavy atom. The van der Waals surface area contributed by atoms with Crippen molar-refractivity contribution in [3.05, 3.63) is 29.8 Å². The largest absolute Gasteiger partial charge is 0.484 e. The third-order valence-electron chi connectivity index (χ3n) is 6.26. The van der Waals surface area contributed by atoms with Gasteiger partial charge in [0, 0.05) is 19.1 Å². The fourth-order valence-corrected chi connectivity index (χ4v) is 4.42. The van der Waals surface area contributed by atoms with Crippen molar-refractivity contribution in [1.29, 1.82) is 0 Å². The van der Waals surface area contributed by atoms with Gasteiger partial charge in [0.15, 0.2) is 6.61 Å². The highest BCUT2D eigenvalue weighted by atomic mass is 16.5. The maximum Gasteiger partial charge on any atom is 0.260 e. The number of hydrogen-bond acceptors (Lipinski definition) is 3. The number of amides is 1. The van der Waals surface area contributed by atoms with Gasteiger partial charge in [-0.3, -0.25) is 4.79 Å². The van der Waals surface area contributed by atoms with Crippen LogP contribution in [0.1, 0.15) is 71.3 Å². The van der Waals surface area contributed by atoms with Gasteiger partial charge in [0.1, 0.15) is 5.75 Å². The quantitative estimate of drug-likeness (QED) is 0.715. The summed E-state index contributed by atoms with van der Waals surface area (Å²) < 4.78 is 5.83. The molecule has 2 aliphatic rings. The molecule has 0 aliphatic carbocycles. The first-order chi connectivity index (χ1) is 13.4. The first kappa shape index (κ1) is 21.2. The third kappa shape index (κ3) is 5.97. The van der Waals surface area contributed by atoms with E-state index in [-0.39, 0.29) is 17.9 Å². The SMILES string of the molecule is CC(C)(C)c1ccc(OCC(=O)N2CCCCC2CCN2CCCCC2)cc1. The average Bonchev–Trinajstić information content (AvgIpc) is 2.71. The van der Waals surface area contributed by atoms with Gasteiger partial charge >= 0.3 is 0 Å². The van der Waals surface area contributed by atoms with Crippen molar-refractivity contribution in [3.63, 3.8) is 0 Å². The fraction of sp³-hybridized carbons (Fsp3) is 0.708.